The fourth-order valence-corrected chi connectivity index (χ4v) is 4.65. The Labute approximate surface area is 389 Å². The van der Waals surface area contributed by atoms with Crippen LogP contribution in [0.5, 0.6) is 11.5 Å². The van der Waals surface area contributed by atoms with Crippen LogP contribution in [0.2, 0.25) is 0 Å². The van der Waals surface area contributed by atoms with Gasteiger partial charge in [0.1, 0.15) is 22.7 Å². The van der Waals surface area contributed by atoms with E-state index in [4.69, 9.17) is 28.7 Å². The molecule has 14 heteroatoms. The van der Waals surface area contributed by atoms with Crippen LogP contribution in [0.15, 0.2) is 79.1 Å². The second-order valence-corrected chi connectivity index (χ2v) is 11.2. The van der Waals surface area contributed by atoms with Crippen LogP contribution in [0.4, 0.5) is 0 Å². The predicted molar refractivity (Wildman–Crippen MR) is 192 cm³/mol. The molecule has 47 heavy (non-hydrogen) atoms. The van der Waals surface area contributed by atoms with Gasteiger partial charge in [0, 0.05) is 51.0 Å². The van der Waals surface area contributed by atoms with Gasteiger partial charge in [0.15, 0.2) is 0 Å². The summed E-state index contributed by atoms with van der Waals surface area (Å²) in [6.45, 7) is 0.519. The molecular formula is C33H45Br3K2O9. The molecule has 2 aromatic carbocycles. The molecule has 0 aliphatic heterocycles. The Hall–Kier alpha value is 0.603. The number of rotatable bonds is 13. The van der Waals surface area contributed by atoms with E-state index in [0.717, 1.165) is 38.9 Å². The molecule has 0 bridgehead atoms. The fourth-order valence-electron chi connectivity index (χ4n) is 3.46. The molecule has 2 aromatic heterocycles. The summed E-state index contributed by atoms with van der Waals surface area (Å²) in [6, 6.07) is 16.4. The van der Waals surface area contributed by atoms with Crippen molar-refractivity contribution < 1.29 is 138 Å². The average molecular weight is 904 g/mol. The predicted octanol–water partition coefficient (Wildman–Crippen LogP) is 2.79. The van der Waals surface area contributed by atoms with Gasteiger partial charge in [-0.05, 0) is 62.1 Å². The van der Waals surface area contributed by atoms with E-state index in [-0.39, 0.29) is 137 Å². The first-order valence-corrected chi connectivity index (χ1v) is 17.0. The van der Waals surface area contributed by atoms with Gasteiger partial charge in [-0.15, -0.1) is 0 Å². The van der Waals surface area contributed by atoms with Crippen LogP contribution < -0.4 is 124 Å². The molecule has 0 radical (unpaired) electrons. The number of ether oxygens (including phenoxy) is 1. The van der Waals surface area contributed by atoms with E-state index in [9.17, 15) is 9.59 Å². The summed E-state index contributed by atoms with van der Waals surface area (Å²) in [5.41, 5.74) is 0.235. The zero-order valence-corrected chi connectivity index (χ0v) is 36.7. The van der Waals surface area contributed by atoms with E-state index >= 15 is 0 Å². The number of phenols is 1. The third kappa shape index (κ3) is 27.0. The van der Waals surface area contributed by atoms with Crippen LogP contribution in [0.1, 0.15) is 67.6 Å². The van der Waals surface area contributed by atoms with Crippen LogP contribution >= 0.6 is 47.8 Å². The average Bonchev–Trinajstić information content (AvgIpc) is 3.01. The second-order valence-electron chi connectivity index (χ2n) is 8.87. The molecule has 0 saturated carbocycles. The molecule has 0 spiro atoms. The number of aromatic hydroxyl groups is 1. The smallest absolute Gasteiger partial charge is 1.00 e. The van der Waals surface area contributed by atoms with Crippen LogP contribution in [0.3, 0.4) is 0 Å². The molecule has 2 heterocycles. The van der Waals surface area contributed by atoms with Crippen molar-refractivity contribution in [2.75, 3.05) is 22.6 Å². The number of carbonyl (C=O) groups is 1. The molecule has 1 N–H and O–H groups in total. The van der Waals surface area contributed by atoms with Gasteiger partial charge >= 0.3 is 114 Å². The summed E-state index contributed by atoms with van der Waals surface area (Å²) in [7, 11) is 0. The van der Waals surface area contributed by atoms with Crippen molar-refractivity contribution in [3.63, 3.8) is 0 Å². The molecule has 254 valence electrons. The first-order valence-electron chi connectivity index (χ1n) is 13.7. The number of unbranched alkanes of at least 4 members (excludes halogenated alkanes) is 6. The van der Waals surface area contributed by atoms with Crippen LogP contribution in [0.25, 0.3) is 21.9 Å². The Kier molecular flexibility index (Phi) is 42.1. The molecule has 0 saturated heterocycles. The van der Waals surface area contributed by atoms with Crippen molar-refractivity contribution in [1.29, 1.82) is 0 Å². The number of phenolic OH excluding ortho intramolecular Hbond substituents is 1. The summed E-state index contributed by atoms with van der Waals surface area (Å²) < 4.78 is 15.6. The Morgan fingerprint density at radius 2 is 1.09 bits per heavy atom. The summed E-state index contributed by atoms with van der Waals surface area (Å²) in [4.78, 5) is 33.1. The topological polar surface area (TPSA) is 139 Å². The second kappa shape index (κ2) is 36.4. The van der Waals surface area contributed by atoms with Gasteiger partial charge in [0.25, 0.3) is 6.47 Å². The molecular weight excluding hydrogens is 858 g/mol. The Morgan fingerprint density at radius 3 is 1.53 bits per heavy atom. The Morgan fingerprint density at radius 1 is 0.681 bits per heavy atom. The standard InChI is InChI=1S/C15H17BrO3.C9H6O3.C6H12Br2.CH2O3.2CH4.2K.H/c16-9-3-1-2-4-10-18-13-7-5-12-6-8-15(17)19-14(12)11-13;10-7-3-1-6-2-4-9(11)12-8(6)5-7;7-5-3-1-2-4-6-8;2-1-4-3;;;;;/h5-8,11H,1-4,9-10H2;1-5,10H;1-6H2;1,3H;2*1H4;;;/q;;;;;;2*+1;-1/p-1. The van der Waals surface area contributed by atoms with Crippen LogP contribution in [-0.2, 0) is 9.68 Å². The number of hydrogen-bond donors (Lipinski definition) is 1. The maximum atomic E-state index is 11.1. The van der Waals surface area contributed by atoms with Crippen molar-refractivity contribution in [3.05, 3.63) is 81.5 Å². The Balaban J connectivity index is -0.000000185. The summed E-state index contributed by atoms with van der Waals surface area (Å²) >= 11 is 10.2. The maximum Gasteiger partial charge on any atom is 1.00 e. The minimum absolute atomic E-state index is 0. The molecule has 0 amide bonds. The SMILES string of the molecule is BrCCCCCCBr.C.C.O=CO[O-].O=c1ccc2ccc(O)cc2o1.O=c1ccc2ccc(OCCCCCCBr)cc2o1.[H-].[K+].[K+]. The van der Waals surface area contributed by atoms with E-state index in [1.807, 2.05) is 12.1 Å². The molecule has 0 aliphatic carbocycles. The van der Waals surface area contributed by atoms with Crippen molar-refractivity contribution in [2.24, 2.45) is 0 Å². The number of carbonyl (C=O) groups excluding carboxylic acids is 1. The van der Waals surface area contributed by atoms with Crippen molar-refractivity contribution >= 4 is 76.2 Å². The number of fused-ring (bicyclic) bond motifs is 2. The van der Waals surface area contributed by atoms with Crippen molar-refractivity contribution in [2.45, 2.75) is 66.2 Å². The van der Waals surface area contributed by atoms with Gasteiger partial charge in [0.2, 0.25) is 0 Å². The van der Waals surface area contributed by atoms with Crippen LogP contribution in [0, 0.1) is 0 Å². The zero-order valence-electron chi connectivity index (χ0n) is 26.7. The van der Waals surface area contributed by atoms with Gasteiger partial charge in [-0.2, -0.15) is 0 Å². The first kappa shape index (κ1) is 54.4. The Bertz CT molecular complexity index is 1440. The first-order chi connectivity index (χ1) is 20.9. The largest absolute Gasteiger partial charge is 1.00 e. The molecule has 4 aromatic rings. The number of halogens is 3. The normalized spacial score (nSPS) is 9.11. The monoisotopic (exact) mass is 900 g/mol. The summed E-state index contributed by atoms with van der Waals surface area (Å²) in [5, 5.41) is 22.6. The number of benzene rings is 2. The molecule has 0 unspecified atom stereocenters. The molecule has 0 fully saturated rings. The third-order valence-electron chi connectivity index (χ3n) is 5.55. The van der Waals surface area contributed by atoms with Crippen LogP contribution in [-0.4, -0.2) is 34.2 Å². The fraction of sp³-hybridized carbons (Fsp3) is 0.424. The number of hydrogen-bond acceptors (Lipinski definition) is 9. The van der Waals surface area contributed by atoms with Gasteiger partial charge in [-0.25, -0.2) is 9.59 Å². The minimum Gasteiger partial charge on any atom is -1.00 e. The van der Waals surface area contributed by atoms with E-state index < -0.39 is 5.63 Å². The molecule has 0 aliphatic rings. The van der Waals surface area contributed by atoms with Gasteiger partial charge in [-0.1, -0.05) is 88.3 Å². The van der Waals surface area contributed by atoms with Crippen molar-refractivity contribution in [1.82, 2.24) is 0 Å². The van der Waals surface area contributed by atoms with Crippen molar-refractivity contribution in [3.8, 4) is 11.5 Å². The zero-order chi connectivity index (χ0) is 31.7. The van der Waals surface area contributed by atoms with E-state index in [1.165, 1.54) is 63.1 Å². The maximum absolute atomic E-state index is 11.1. The van der Waals surface area contributed by atoms with E-state index in [0.29, 0.717) is 17.8 Å². The van der Waals surface area contributed by atoms with E-state index in [2.05, 4.69) is 52.7 Å². The van der Waals surface area contributed by atoms with Gasteiger partial charge < -0.3 is 30.2 Å². The molecule has 0 atom stereocenters. The quantitative estimate of drug-likeness (QED) is 0.0409. The number of alkyl halides is 3. The summed E-state index contributed by atoms with van der Waals surface area (Å²) in [5.74, 6) is 0.846. The molecule has 4 rings (SSSR count). The van der Waals surface area contributed by atoms with Gasteiger partial charge in [-0.3, -0.25) is 4.79 Å². The minimum atomic E-state index is -0.409. The van der Waals surface area contributed by atoms with E-state index in [1.54, 1.807) is 30.3 Å². The third-order valence-corrected chi connectivity index (χ3v) is 7.24. The van der Waals surface area contributed by atoms with Gasteiger partial charge in [0.05, 0.1) is 6.61 Å². The summed E-state index contributed by atoms with van der Waals surface area (Å²) in [6.07, 6.45) is 10.0. The molecule has 9 nitrogen and oxygen atoms in total.